The molecule has 112 valence electrons. The first-order valence-corrected chi connectivity index (χ1v) is 7.82. The molecule has 0 bridgehead atoms. The summed E-state index contributed by atoms with van der Waals surface area (Å²) in [5.41, 5.74) is 2.41. The number of hydrogen-bond donors (Lipinski definition) is 2. The average molecular weight is 285 g/mol. The summed E-state index contributed by atoms with van der Waals surface area (Å²) in [6.07, 6.45) is 4.54. The van der Waals surface area contributed by atoms with Crippen molar-refractivity contribution < 1.29 is 4.79 Å². The van der Waals surface area contributed by atoms with Gasteiger partial charge in [0.15, 0.2) is 0 Å². The van der Waals surface area contributed by atoms with Crippen LogP contribution in [0.15, 0.2) is 30.5 Å². The molecule has 1 aromatic carbocycles. The summed E-state index contributed by atoms with van der Waals surface area (Å²) in [6, 6.07) is 8.39. The Bertz CT molecular complexity index is 628. The van der Waals surface area contributed by atoms with Crippen molar-refractivity contribution in [3.8, 4) is 0 Å². The first kappa shape index (κ1) is 14.1. The van der Waals surface area contributed by atoms with E-state index in [-0.39, 0.29) is 5.91 Å². The molecule has 1 heterocycles. The van der Waals surface area contributed by atoms with Crippen LogP contribution in [-0.4, -0.2) is 23.6 Å². The Morgan fingerprint density at radius 2 is 2.19 bits per heavy atom. The van der Waals surface area contributed by atoms with Gasteiger partial charge in [-0.3, -0.25) is 4.79 Å². The fourth-order valence-corrected chi connectivity index (χ4v) is 2.67. The number of carbonyl (C=O) groups is 1. The third-order valence-corrected chi connectivity index (χ3v) is 4.04. The van der Waals surface area contributed by atoms with Gasteiger partial charge in [-0.2, -0.15) is 0 Å². The van der Waals surface area contributed by atoms with E-state index in [0.29, 0.717) is 6.54 Å². The normalized spacial score (nSPS) is 14.5. The molecule has 0 aliphatic heterocycles. The van der Waals surface area contributed by atoms with Crippen molar-refractivity contribution in [3.05, 3.63) is 36.0 Å². The van der Waals surface area contributed by atoms with Crippen LogP contribution >= 0.6 is 0 Å². The van der Waals surface area contributed by atoms with Gasteiger partial charge >= 0.3 is 0 Å². The molecule has 1 aliphatic rings. The highest BCUT2D eigenvalue weighted by Crippen LogP contribution is 2.27. The van der Waals surface area contributed by atoms with Gasteiger partial charge in [0.1, 0.15) is 6.54 Å². The van der Waals surface area contributed by atoms with Crippen LogP contribution in [0, 0.1) is 5.92 Å². The molecule has 2 N–H and O–H groups in total. The zero-order chi connectivity index (χ0) is 14.7. The van der Waals surface area contributed by atoms with Gasteiger partial charge in [-0.25, -0.2) is 0 Å². The molecule has 0 saturated heterocycles. The monoisotopic (exact) mass is 285 g/mol. The highest BCUT2D eigenvalue weighted by atomic mass is 16.1. The minimum absolute atomic E-state index is 0.109. The number of carbonyl (C=O) groups excluding carboxylic acids is 1. The smallest absolute Gasteiger partial charge is 0.239 e. The summed E-state index contributed by atoms with van der Waals surface area (Å²) >= 11 is 0. The van der Waals surface area contributed by atoms with E-state index in [0.717, 1.165) is 25.6 Å². The molecule has 1 fully saturated rings. The molecule has 4 heteroatoms. The molecule has 1 amide bonds. The second-order valence-electron chi connectivity index (χ2n) is 5.83. The summed E-state index contributed by atoms with van der Waals surface area (Å²) in [7, 11) is 0. The molecule has 21 heavy (non-hydrogen) atoms. The van der Waals surface area contributed by atoms with Crippen LogP contribution in [0.3, 0.4) is 0 Å². The number of benzene rings is 1. The van der Waals surface area contributed by atoms with Gasteiger partial charge < -0.3 is 15.2 Å². The molecule has 0 atom stereocenters. The van der Waals surface area contributed by atoms with E-state index < -0.39 is 0 Å². The fraction of sp³-hybridized carbons (Fsp3) is 0.471. The molecule has 3 rings (SSSR count). The number of fused-ring (bicyclic) bond motifs is 1. The van der Waals surface area contributed by atoms with Gasteiger partial charge in [-0.15, -0.1) is 0 Å². The quantitative estimate of drug-likeness (QED) is 0.820. The fourth-order valence-electron chi connectivity index (χ4n) is 2.67. The third-order valence-electron chi connectivity index (χ3n) is 4.04. The Morgan fingerprint density at radius 3 is 2.95 bits per heavy atom. The van der Waals surface area contributed by atoms with Crippen molar-refractivity contribution in [2.75, 3.05) is 13.1 Å². The van der Waals surface area contributed by atoms with Crippen molar-refractivity contribution in [2.24, 2.45) is 5.92 Å². The van der Waals surface area contributed by atoms with Crippen molar-refractivity contribution in [3.63, 3.8) is 0 Å². The Labute approximate surface area is 125 Å². The molecule has 4 nitrogen and oxygen atoms in total. The Kier molecular flexibility index (Phi) is 4.25. The second-order valence-corrected chi connectivity index (χ2v) is 5.83. The maximum absolute atomic E-state index is 12.1. The minimum atomic E-state index is 0.109. The standard InChI is InChI=1S/C17H23N3O/c1-2-18-11-15-5-3-4-14-8-9-20(17(14)15)12-16(21)19-10-13-6-7-13/h3-5,8-9,13,18H,2,6-7,10-12H2,1H3,(H,19,21). The molecule has 1 aliphatic carbocycles. The molecule has 1 aromatic heterocycles. The van der Waals surface area contributed by atoms with Gasteiger partial charge in [0, 0.05) is 19.3 Å². The zero-order valence-corrected chi connectivity index (χ0v) is 12.6. The van der Waals surface area contributed by atoms with Crippen molar-refractivity contribution in [1.29, 1.82) is 0 Å². The number of amides is 1. The van der Waals surface area contributed by atoms with Crippen molar-refractivity contribution in [2.45, 2.75) is 32.9 Å². The maximum atomic E-state index is 12.1. The van der Waals surface area contributed by atoms with Crippen LogP contribution in [0.5, 0.6) is 0 Å². The highest BCUT2D eigenvalue weighted by molar-refractivity contribution is 5.85. The Hall–Kier alpha value is -1.81. The topological polar surface area (TPSA) is 46.1 Å². The Balaban J connectivity index is 1.75. The number of nitrogens with one attached hydrogen (secondary N) is 2. The van der Waals surface area contributed by atoms with Crippen molar-refractivity contribution in [1.82, 2.24) is 15.2 Å². The SMILES string of the molecule is CCNCc1cccc2ccn(CC(=O)NCC3CC3)c12. The molecular formula is C17H23N3O. The van der Waals surface area contributed by atoms with E-state index in [9.17, 15) is 4.79 Å². The van der Waals surface area contributed by atoms with E-state index in [4.69, 9.17) is 0 Å². The zero-order valence-electron chi connectivity index (χ0n) is 12.6. The van der Waals surface area contributed by atoms with Gasteiger partial charge in [0.2, 0.25) is 5.91 Å². The maximum Gasteiger partial charge on any atom is 0.239 e. The molecule has 2 aromatic rings. The summed E-state index contributed by atoms with van der Waals surface area (Å²) < 4.78 is 2.06. The molecule has 0 spiro atoms. The second kappa shape index (κ2) is 6.31. The lowest BCUT2D eigenvalue weighted by Crippen LogP contribution is -2.29. The largest absolute Gasteiger partial charge is 0.354 e. The third kappa shape index (κ3) is 3.45. The van der Waals surface area contributed by atoms with E-state index in [1.807, 2.05) is 6.20 Å². The number of hydrogen-bond acceptors (Lipinski definition) is 2. The summed E-state index contributed by atoms with van der Waals surface area (Å²) in [4.78, 5) is 12.1. The minimum Gasteiger partial charge on any atom is -0.354 e. The lowest BCUT2D eigenvalue weighted by molar-refractivity contribution is -0.121. The summed E-state index contributed by atoms with van der Waals surface area (Å²) in [6.45, 7) is 5.12. The van der Waals surface area contributed by atoms with Gasteiger partial charge in [0.05, 0.1) is 5.52 Å². The van der Waals surface area contributed by atoms with Gasteiger partial charge in [0.25, 0.3) is 0 Å². The number of rotatable bonds is 7. The van der Waals surface area contributed by atoms with E-state index in [2.05, 4.69) is 46.4 Å². The first-order chi connectivity index (χ1) is 10.3. The number of para-hydroxylation sites is 1. The van der Waals surface area contributed by atoms with Crippen LogP contribution < -0.4 is 10.6 Å². The van der Waals surface area contributed by atoms with Crippen LogP contribution in [-0.2, 0) is 17.9 Å². The van der Waals surface area contributed by atoms with Gasteiger partial charge in [-0.05, 0) is 42.3 Å². The van der Waals surface area contributed by atoms with E-state index >= 15 is 0 Å². The van der Waals surface area contributed by atoms with E-state index in [1.165, 1.54) is 29.3 Å². The lowest BCUT2D eigenvalue weighted by atomic mass is 10.1. The molecule has 0 radical (unpaired) electrons. The van der Waals surface area contributed by atoms with Crippen LogP contribution in [0.25, 0.3) is 10.9 Å². The van der Waals surface area contributed by atoms with Crippen molar-refractivity contribution >= 4 is 16.8 Å². The lowest BCUT2D eigenvalue weighted by Gasteiger charge is -2.10. The average Bonchev–Trinajstić information content (AvgIpc) is 3.24. The van der Waals surface area contributed by atoms with Crippen LogP contribution in [0.4, 0.5) is 0 Å². The summed E-state index contributed by atoms with van der Waals surface area (Å²) in [5.74, 6) is 0.831. The first-order valence-electron chi connectivity index (χ1n) is 7.82. The van der Waals surface area contributed by atoms with E-state index in [1.54, 1.807) is 0 Å². The number of aromatic nitrogens is 1. The predicted molar refractivity (Wildman–Crippen MR) is 85.1 cm³/mol. The van der Waals surface area contributed by atoms with Gasteiger partial charge in [-0.1, -0.05) is 25.1 Å². The highest BCUT2D eigenvalue weighted by Gasteiger charge is 2.21. The van der Waals surface area contributed by atoms with Crippen LogP contribution in [0.1, 0.15) is 25.3 Å². The Morgan fingerprint density at radius 1 is 1.33 bits per heavy atom. The summed E-state index contributed by atoms with van der Waals surface area (Å²) in [5, 5.41) is 7.59. The molecular weight excluding hydrogens is 262 g/mol. The molecule has 1 saturated carbocycles. The van der Waals surface area contributed by atoms with Crippen LogP contribution in [0.2, 0.25) is 0 Å². The predicted octanol–water partition coefficient (Wildman–Crippen LogP) is 2.28. The molecule has 0 unspecified atom stereocenters. The number of nitrogens with zero attached hydrogens (tertiary/aromatic N) is 1.